The van der Waals surface area contributed by atoms with Crippen molar-refractivity contribution in [2.24, 2.45) is 5.92 Å². The van der Waals surface area contributed by atoms with Crippen molar-refractivity contribution in [3.63, 3.8) is 0 Å². The normalized spacial score (nSPS) is 14.0. The molecule has 5 heteroatoms. The number of halogens is 2. The van der Waals surface area contributed by atoms with E-state index in [2.05, 4.69) is 10.6 Å². The second-order valence-corrected chi connectivity index (χ2v) is 6.18. The minimum absolute atomic E-state index is 0.144. The second-order valence-electron chi connectivity index (χ2n) is 6.18. The third kappa shape index (κ3) is 4.61. The number of carbonyl (C=O) groups excluding carboxylic acids is 1. The molecule has 126 valence electrons. The summed E-state index contributed by atoms with van der Waals surface area (Å²) in [6, 6.07) is 11.5. The summed E-state index contributed by atoms with van der Waals surface area (Å²) < 4.78 is 26.3. The smallest absolute Gasteiger partial charge is 0.234 e. The SMILES string of the molecule is O=C(CNCC1CC1)NC(c1ccc(F)cc1)c1ccc(F)cc1. The van der Waals surface area contributed by atoms with Crippen molar-refractivity contribution < 1.29 is 13.6 Å². The molecule has 1 aliphatic rings. The fourth-order valence-corrected chi connectivity index (χ4v) is 2.59. The Morgan fingerprint density at radius 3 is 1.92 bits per heavy atom. The fourth-order valence-electron chi connectivity index (χ4n) is 2.59. The van der Waals surface area contributed by atoms with E-state index in [4.69, 9.17) is 0 Å². The van der Waals surface area contributed by atoms with Crippen molar-refractivity contribution in [2.75, 3.05) is 13.1 Å². The van der Waals surface area contributed by atoms with Crippen molar-refractivity contribution in [3.8, 4) is 0 Å². The Hall–Kier alpha value is -2.27. The standard InChI is InChI=1S/C19H20F2N2O/c20-16-7-3-14(4-8-16)19(15-5-9-17(21)10-6-15)23-18(24)12-22-11-13-1-2-13/h3-10,13,19,22H,1-2,11-12H2,(H,23,24). The van der Waals surface area contributed by atoms with Crippen molar-refractivity contribution in [2.45, 2.75) is 18.9 Å². The zero-order valence-electron chi connectivity index (χ0n) is 13.3. The molecule has 2 N–H and O–H groups in total. The van der Waals surface area contributed by atoms with Gasteiger partial charge in [0, 0.05) is 0 Å². The topological polar surface area (TPSA) is 41.1 Å². The average Bonchev–Trinajstić information content (AvgIpc) is 3.39. The molecule has 0 bridgehead atoms. The van der Waals surface area contributed by atoms with Gasteiger partial charge in [0.25, 0.3) is 0 Å². The van der Waals surface area contributed by atoms with Gasteiger partial charge in [0.05, 0.1) is 12.6 Å². The molecule has 0 radical (unpaired) electrons. The summed E-state index contributed by atoms with van der Waals surface area (Å²) in [5, 5.41) is 6.08. The molecule has 0 aromatic heterocycles. The van der Waals surface area contributed by atoms with Gasteiger partial charge >= 0.3 is 0 Å². The molecule has 3 rings (SSSR count). The van der Waals surface area contributed by atoms with E-state index in [1.54, 1.807) is 24.3 Å². The van der Waals surface area contributed by atoms with Gasteiger partial charge < -0.3 is 10.6 Å². The predicted octanol–water partition coefficient (Wildman–Crippen LogP) is 3.17. The highest BCUT2D eigenvalue weighted by Gasteiger charge is 2.21. The number of amides is 1. The maximum Gasteiger partial charge on any atom is 0.234 e. The first-order chi connectivity index (χ1) is 11.6. The molecule has 1 aliphatic carbocycles. The minimum atomic E-state index is -0.443. The highest BCUT2D eigenvalue weighted by Crippen LogP contribution is 2.27. The molecule has 0 atom stereocenters. The molecule has 2 aromatic rings. The van der Waals surface area contributed by atoms with Crippen LogP contribution in [-0.2, 0) is 4.79 Å². The van der Waals surface area contributed by atoms with Gasteiger partial charge in [-0.05, 0) is 60.7 Å². The third-order valence-electron chi connectivity index (χ3n) is 4.13. The lowest BCUT2D eigenvalue weighted by atomic mass is 9.98. The third-order valence-corrected chi connectivity index (χ3v) is 4.13. The van der Waals surface area contributed by atoms with E-state index in [0.717, 1.165) is 17.7 Å². The van der Waals surface area contributed by atoms with Crippen molar-refractivity contribution in [1.82, 2.24) is 10.6 Å². The van der Waals surface area contributed by atoms with Gasteiger partial charge in [0.2, 0.25) is 5.91 Å². The Bertz CT molecular complexity index is 636. The molecular formula is C19H20F2N2O. The van der Waals surface area contributed by atoms with Crippen LogP contribution in [-0.4, -0.2) is 19.0 Å². The zero-order valence-corrected chi connectivity index (χ0v) is 13.3. The number of hydrogen-bond donors (Lipinski definition) is 2. The molecule has 0 heterocycles. The van der Waals surface area contributed by atoms with Crippen LogP contribution in [0, 0.1) is 17.6 Å². The van der Waals surface area contributed by atoms with Crippen LogP contribution in [0.1, 0.15) is 30.0 Å². The number of rotatable bonds is 7. The summed E-state index contributed by atoms with van der Waals surface area (Å²) in [4.78, 5) is 12.2. The summed E-state index contributed by atoms with van der Waals surface area (Å²) in [6.07, 6.45) is 2.45. The summed E-state index contributed by atoms with van der Waals surface area (Å²) in [5.41, 5.74) is 1.50. The molecule has 3 nitrogen and oxygen atoms in total. The predicted molar refractivity (Wildman–Crippen MR) is 88.4 cm³/mol. The van der Waals surface area contributed by atoms with E-state index in [0.29, 0.717) is 5.92 Å². The van der Waals surface area contributed by atoms with E-state index in [1.165, 1.54) is 37.1 Å². The van der Waals surface area contributed by atoms with Crippen LogP contribution in [0.2, 0.25) is 0 Å². The molecule has 24 heavy (non-hydrogen) atoms. The van der Waals surface area contributed by atoms with Gasteiger partial charge in [-0.15, -0.1) is 0 Å². The lowest BCUT2D eigenvalue weighted by Gasteiger charge is -2.20. The first kappa shape index (κ1) is 16.6. The second kappa shape index (κ2) is 7.53. The van der Waals surface area contributed by atoms with Crippen LogP contribution in [0.4, 0.5) is 8.78 Å². The zero-order chi connectivity index (χ0) is 16.9. The van der Waals surface area contributed by atoms with Gasteiger partial charge in [-0.2, -0.15) is 0 Å². The Morgan fingerprint density at radius 2 is 1.46 bits per heavy atom. The monoisotopic (exact) mass is 330 g/mol. The first-order valence-electron chi connectivity index (χ1n) is 8.13. The molecule has 0 spiro atoms. The van der Waals surface area contributed by atoms with Crippen LogP contribution < -0.4 is 10.6 Å². The number of nitrogens with one attached hydrogen (secondary N) is 2. The first-order valence-corrected chi connectivity index (χ1v) is 8.13. The van der Waals surface area contributed by atoms with Crippen LogP contribution in [0.15, 0.2) is 48.5 Å². The van der Waals surface area contributed by atoms with E-state index >= 15 is 0 Å². The van der Waals surface area contributed by atoms with Gasteiger partial charge in [0.15, 0.2) is 0 Å². The summed E-state index contributed by atoms with van der Waals surface area (Å²) in [7, 11) is 0. The van der Waals surface area contributed by atoms with Crippen LogP contribution in [0.3, 0.4) is 0 Å². The van der Waals surface area contributed by atoms with E-state index in [9.17, 15) is 13.6 Å². The van der Waals surface area contributed by atoms with Crippen LogP contribution in [0.25, 0.3) is 0 Å². The van der Waals surface area contributed by atoms with Crippen molar-refractivity contribution in [3.05, 3.63) is 71.3 Å². The largest absolute Gasteiger partial charge is 0.344 e. The number of hydrogen-bond acceptors (Lipinski definition) is 2. The maximum absolute atomic E-state index is 13.2. The molecule has 0 unspecified atom stereocenters. The lowest BCUT2D eigenvalue weighted by Crippen LogP contribution is -2.37. The quantitative estimate of drug-likeness (QED) is 0.819. The van der Waals surface area contributed by atoms with Crippen molar-refractivity contribution >= 4 is 5.91 Å². The number of benzene rings is 2. The Labute approximate surface area is 140 Å². The van der Waals surface area contributed by atoms with E-state index in [1.807, 2.05) is 0 Å². The molecule has 1 amide bonds. The van der Waals surface area contributed by atoms with Gasteiger partial charge in [-0.25, -0.2) is 8.78 Å². The van der Waals surface area contributed by atoms with Gasteiger partial charge in [-0.1, -0.05) is 24.3 Å². The Kier molecular flexibility index (Phi) is 5.20. The number of carbonyl (C=O) groups is 1. The summed E-state index contributed by atoms with van der Waals surface area (Å²) in [5.74, 6) is -0.125. The lowest BCUT2D eigenvalue weighted by molar-refractivity contribution is -0.120. The van der Waals surface area contributed by atoms with Crippen LogP contribution in [0.5, 0.6) is 0 Å². The van der Waals surface area contributed by atoms with Gasteiger partial charge in [0.1, 0.15) is 11.6 Å². The summed E-state index contributed by atoms with van der Waals surface area (Å²) >= 11 is 0. The van der Waals surface area contributed by atoms with Crippen LogP contribution >= 0.6 is 0 Å². The molecule has 1 saturated carbocycles. The van der Waals surface area contributed by atoms with E-state index < -0.39 is 6.04 Å². The van der Waals surface area contributed by atoms with Gasteiger partial charge in [-0.3, -0.25) is 4.79 Å². The summed E-state index contributed by atoms with van der Waals surface area (Å²) in [6.45, 7) is 1.08. The van der Waals surface area contributed by atoms with E-state index in [-0.39, 0.29) is 24.1 Å². The highest BCUT2D eigenvalue weighted by atomic mass is 19.1. The van der Waals surface area contributed by atoms with Crippen molar-refractivity contribution in [1.29, 1.82) is 0 Å². The molecule has 0 aliphatic heterocycles. The minimum Gasteiger partial charge on any atom is -0.344 e. The highest BCUT2D eigenvalue weighted by molar-refractivity contribution is 5.79. The molecule has 1 fully saturated rings. The molecule has 2 aromatic carbocycles. The Balaban J connectivity index is 1.72. The molecule has 0 saturated heterocycles. The maximum atomic E-state index is 13.2. The Morgan fingerprint density at radius 1 is 0.958 bits per heavy atom. The average molecular weight is 330 g/mol. The molecular weight excluding hydrogens is 310 g/mol. The fraction of sp³-hybridized carbons (Fsp3) is 0.316.